The molecule has 2 aromatic heterocycles. The molecule has 0 saturated heterocycles. The lowest BCUT2D eigenvalue weighted by molar-refractivity contribution is -0.119. The number of benzene rings is 1. The summed E-state index contributed by atoms with van der Waals surface area (Å²) < 4.78 is 1.63. The maximum Gasteiger partial charge on any atom is 0.321 e. The lowest BCUT2D eigenvalue weighted by Crippen LogP contribution is -2.39. The Labute approximate surface area is 154 Å². The molecule has 26 heavy (non-hydrogen) atoms. The van der Waals surface area contributed by atoms with Gasteiger partial charge >= 0.3 is 6.03 Å². The molecule has 2 heterocycles. The van der Waals surface area contributed by atoms with Crippen LogP contribution in [0.1, 0.15) is 22.2 Å². The Morgan fingerprint density at radius 2 is 1.88 bits per heavy atom. The van der Waals surface area contributed by atoms with Crippen LogP contribution >= 0.6 is 11.8 Å². The van der Waals surface area contributed by atoms with Crippen molar-refractivity contribution in [3.05, 3.63) is 53.3 Å². The third kappa shape index (κ3) is 3.83. The van der Waals surface area contributed by atoms with Crippen LogP contribution in [0.5, 0.6) is 0 Å². The molecule has 9 heteroatoms. The van der Waals surface area contributed by atoms with Gasteiger partial charge in [-0.3, -0.25) is 10.1 Å². The number of imide groups is 1. The van der Waals surface area contributed by atoms with Crippen LogP contribution in [0.15, 0.2) is 41.6 Å². The van der Waals surface area contributed by atoms with Crippen molar-refractivity contribution < 1.29 is 9.59 Å². The number of hydrogen-bond donors (Lipinski definition) is 2. The van der Waals surface area contributed by atoms with Gasteiger partial charge in [-0.2, -0.15) is 4.98 Å². The number of aryl methyl sites for hydroxylation is 2. The maximum absolute atomic E-state index is 12.6. The highest BCUT2D eigenvalue weighted by molar-refractivity contribution is 8.00. The largest absolute Gasteiger partial charge is 0.341 e. The molecule has 0 bridgehead atoms. The Balaban J connectivity index is 1.94. The number of rotatable bonds is 4. The van der Waals surface area contributed by atoms with Gasteiger partial charge in [0.15, 0.2) is 0 Å². The molecule has 0 aliphatic rings. The summed E-state index contributed by atoms with van der Waals surface area (Å²) in [7, 11) is 1.45. The molecular formula is C17H18N6O2S. The van der Waals surface area contributed by atoms with E-state index in [9.17, 15) is 9.59 Å². The van der Waals surface area contributed by atoms with E-state index in [4.69, 9.17) is 0 Å². The SMILES string of the molecule is CNC(=O)NC(=O)[C@@H](Sc1nc2nc(C)cc(C)n2n1)c1ccccc1. The van der Waals surface area contributed by atoms with E-state index >= 15 is 0 Å². The highest BCUT2D eigenvalue weighted by atomic mass is 32.2. The number of nitrogens with zero attached hydrogens (tertiary/aromatic N) is 4. The Morgan fingerprint density at radius 3 is 2.58 bits per heavy atom. The topological polar surface area (TPSA) is 101 Å². The summed E-state index contributed by atoms with van der Waals surface area (Å²) in [6.07, 6.45) is 0. The van der Waals surface area contributed by atoms with Crippen LogP contribution in [-0.2, 0) is 4.79 Å². The summed E-state index contributed by atoms with van der Waals surface area (Å²) in [4.78, 5) is 32.9. The van der Waals surface area contributed by atoms with Crippen LogP contribution in [-0.4, -0.2) is 38.6 Å². The molecule has 0 saturated carbocycles. The van der Waals surface area contributed by atoms with Gasteiger partial charge in [-0.25, -0.2) is 14.3 Å². The quantitative estimate of drug-likeness (QED) is 0.682. The molecule has 134 valence electrons. The summed E-state index contributed by atoms with van der Waals surface area (Å²) >= 11 is 1.17. The molecule has 3 amide bonds. The number of carbonyl (C=O) groups is 2. The van der Waals surface area contributed by atoms with Gasteiger partial charge in [0.2, 0.25) is 11.1 Å². The van der Waals surface area contributed by atoms with Gasteiger partial charge in [0.25, 0.3) is 5.78 Å². The van der Waals surface area contributed by atoms with Crippen LogP contribution in [0, 0.1) is 13.8 Å². The minimum atomic E-state index is -0.674. The van der Waals surface area contributed by atoms with Crippen molar-refractivity contribution in [2.75, 3.05) is 7.05 Å². The number of urea groups is 1. The van der Waals surface area contributed by atoms with E-state index in [-0.39, 0.29) is 0 Å². The predicted molar refractivity (Wildman–Crippen MR) is 97.9 cm³/mol. The summed E-state index contributed by atoms with van der Waals surface area (Å²) in [5.74, 6) is 0.0313. The molecule has 0 fully saturated rings. The number of fused-ring (bicyclic) bond motifs is 1. The number of amides is 3. The number of thioether (sulfide) groups is 1. The molecule has 0 aliphatic heterocycles. The van der Waals surface area contributed by atoms with Crippen molar-refractivity contribution in [3.63, 3.8) is 0 Å². The fourth-order valence-electron chi connectivity index (χ4n) is 2.44. The first-order valence-electron chi connectivity index (χ1n) is 7.93. The molecule has 0 aliphatic carbocycles. The van der Waals surface area contributed by atoms with Crippen molar-refractivity contribution >= 4 is 29.5 Å². The molecule has 1 aromatic carbocycles. The van der Waals surface area contributed by atoms with E-state index in [0.717, 1.165) is 17.0 Å². The fraction of sp³-hybridized carbons (Fsp3) is 0.235. The Hall–Kier alpha value is -2.94. The maximum atomic E-state index is 12.6. The first kappa shape index (κ1) is 17.9. The zero-order chi connectivity index (χ0) is 18.7. The van der Waals surface area contributed by atoms with Crippen molar-refractivity contribution in [3.8, 4) is 0 Å². The highest BCUT2D eigenvalue weighted by Gasteiger charge is 2.25. The van der Waals surface area contributed by atoms with E-state index in [1.807, 2.05) is 50.2 Å². The third-order valence-corrected chi connectivity index (χ3v) is 4.73. The third-order valence-electron chi connectivity index (χ3n) is 3.63. The highest BCUT2D eigenvalue weighted by Crippen LogP contribution is 2.33. The van der Waals surface area contributed by atoms with Gasteiger partial charge in [-0.15, -0.1) is 5.10 Å². The number of nitrogens with one attached hydrogen (secondary N) is 2. The smallest absolute Gasteiger partial charge is 0.321 e. The van der Waals surface area contributed by atoms with E-state index in [0.29, 0.717) is 10.9 Å². The first-order chi connectivity index (χ1) is 12.5. The van der Waals surface area contributed by atoms with Crippen molar-refractivity contribution in [1.82, 2.24) is 30.2 Å². The van der Waals surface area contributed by atoms with E-state index in [2.05, 4.69) is 25.7 Å². The van der Waals surface area contributed by atoms with E-state index in [1.54, 1.807) is 4.52 Å². The summed E-state index contributed by atoms with van der Waals surface area (Å²) in [6.45, 7) is 3.80. The number of aromatic nitrogens is 4. The first-order valence-corrected chi connectivity index (χ1v) is 8.81. The Kier molecular flexibility index (Phi) is 5.17. The number of carbonyl (C=O) groups excluding carboxylic acids is 2. The molecule has 0 unspecified atom stereocenters. The van der Waals surface area contributed by atoms with Gasteiger partial charge in [0.05, 0.1) is 0 Å². The van der Waals surface area contributed by atoms with Gasteiger partial charge in [-0.1, -0.05) is 42.1 Å². The molecule has 1 atom stereocenters. The minimum Gasteiger partial charge on any atom is -0.341 e. The minimum absolute atomic E-state index is 0.409. The van der Waals surface area contributed by atoms with Crippen LogP contribution in [0.2, 0.25) is 0 Å². The average Bonchev–Trinajstić information content (AvgIpc) is 3.03. The zero-order valence-electron chi connectivity index (χ0n) is 14.6. The van der Waals surface area contributed by atoms with Crippen LogP contribution in [0.4, 0.5) is 4.79 Å². The molecule has 0 spiro atoms. The average molecular weight is 370 g/mol. The molecule has 0 radical (unpaired) electrons. The van der Waals surface area contributed by atoms with Gasteiger partial charge in [0.1, 0.15) is 5.25 Å². The van der Waals surface area contributed by atoms with Gasteiger partial charge < -0.3 is 5.32 Å². The van der Waals surface area contributed by atoms with E-state index in [1.165, 1.54) is 18.8 Å². The monoisotopic (exact) mass is 370 g/mol. The van der Waals surface area contributed by atoms with Gasteiger partial charge in [-0.05, 0) is 25.5 Å². The second kappa shape index (κ2) is 7.52. The second-order valence-corrected chi connectivity index (χ2v) is 6.69. The standard InChI is InChI=1S/C17H18N6O2S/c1-10-9-11(2)23-15(19-10)21-17(22-23)26-13(12-7-5-4-6-8-12)14(24)20-16(25)18-3/h4-9,13H,1-3H3,(H2,18,20,24,25)/t13-/m0/s1. The lowest BCUT2D eigenvalue weighted by atomic mass is 10.1. The molecule has 3 aromatic rings. The molecular weight excluding hydrogens is 352 g/mol. The fourth-order valence-corrected chi connectivity index (χ4v) is 3.38. The summed E-state index contributed by atoms with van der Waals surface area (Å²) in [5.41, 5.74) is 2.49. The van der Waals surface area contributed by atoms with Crippen molar-refractivity contribution in [1.29, 1.82) is 0 Å². The van der Waals surface area contributed by atoms with Gasteiger partial charge in [0, 0.05) is 18.4 Å². The summed E-state index contributed by atoms with van der Waals surface area (Å²) in [6, 6.07) is 10.5. The second-order valence-electron chi connectivity index (χ2n) is 5.62. The van der Waals surface area contributed by atoms with E-state index < -0.39 is 17.2 Å². The van der Waals surface area contributed by atoms with Crippen LogP contribution in [0.3, 0.4) is 0 Å². The zero-order valence-corrected chi connectivity index (χ0v) is 15.4. The molecule has 2 N–H and O–H groups in total. The number of hydrogen-bond acceptors (Lipinski definition) is 6. The van der Waals surface area contributed by atoms with Crippen molar-refractivity contribution in [2.24, 2.45) is 0 Å². The molecule has 8 nitrogen and oxygen atoms in total. The van der Waals surface area contributed by atoms with Crippen molar-refractivity contribution in [2.45, 2.75) is 24.3 Å². The van der Waals surface area contributed by atoms with Crippen LogP contribution in [0.25, 0.3) is 5.78 Å². The Bertz CT molecular complexity index is 957. The van der Waals surface area contributed by atoms with Crippen LogP contribution < -0.4 is 10.6 Å². The Morgan fingerprint density at radius 1 is 1.15 bits per heavy atom. The normalized spacial score (nSPS) is 12.0. The lowest BCUT2D eigenvalue weighted by Gasteiger charge is -2.14. The summed E-state index contributed by atoms with van der Waals surface area (Å²) in [5, 5.41) is 8.85. The predicted octanol–water partition coefficient (Wildman–Crippen LogP) is 2.03. The molecule has 3 rings (SSSR count).